The largest absolute Gasteiger partial charge is 0.453 e. The van der Waals surface area contributed by atoms with E-state index >= 15 is 4.39 Å². The Morgan fingerprint density at radius 3 is 2.77 bits per heavy atom. The Labute approximate surface area is 180 Å². The van der Waals surface area contributed by atoms with Crippen molar-refractivity contribution in [3.05, 3.63) is 81.0 Å². The van der Waals surface area contributed by atoms with Gasteiger partial charge in [-0.15, -0.1) is 10.2 Å². The van der Waals surface area contributed by atoms with Crippen LogP contribution in [0.1, 0.15) is 22.6 Å². The molecule has 0 amide bonds. The fourth-order valence-electron chi connectivity index (χ4n) is 2.87. The van der Waals surface area contributed by atoms with Crippen molar-refractivity contribution < 1.29 is 13.5 Å². The van der Waals surface area contributed by atoms with Gasteiger partial charge in [-0.05, 0) is 42.8 Å². The van der Waals surface area contributed by atoms with Crippen LogP contribution in [0.5, 0.6) is 11.5 Å². The Morgan fingerprint density at radius 2 is 2.03 bits per heavy atom. The first-order valence-electron chi connectivity index (χ1n) is 8.76. The summed E-state index contributed by atoms with van der Waals surface area (Å²) in [4.78, 5) is 3.03. The van der Waals surface area contributed by atoms with Crippen LogP contribution in [0.25, 0.3) is 11.6 Å². The SMILES string of the molecule is Cc1cc[nH]c1-c1nnc(Cc2ccc(Cl)c(Oc3cc(Cl)cc(C#N)c3)c2F)o1. The lowest BCUT2D eigenvalue weighted by Gasteiger charge is -2.11. The summed E-state index contributed by atoms with van der Waals surface area (Å²) in [5.41, 5.74) is 2.21. The molecule has 0 atom stereocenters. The molecule has 2 heterocycles. The monoisotopic (exact) mass is 442 g/mol. The second-order valence-electron chi connectivity index (χ2n) is 6.45. The minimum atomic E-state index is -0.670. The molecular weight excluding hydrogens is 430 g/mol. The fourth-order valence-corrected chi connectivity index (χ4v) is 3.28. The van der Waals surface area contributed by atoms with Gasteiger partial charge in [0.2, 0.25) is 5.89 Å². The number of nitrogens with one attached hydrogen (secondary N) is 1. The zero-order valence-electron chi connectivity index (χ0n) is 15.5. The number of aromatic amines is 1. The van der Waals surface area contributed by atoms with E-state index in [1.54, 1.807) is 6.20 Å². The second-order valence-corrected chi connectivity index (χ2v) is 7.30. The van der Waals surface area contributed by atoms with E-state index in [1.165, 1.54) is 30.3 Å². The fraction of sp³-hybridized carbons (Fsp3) is 0.0952. The van der Waals surface area contributed by atoms with E-state index < -0.39 is 5.82 Å². The molecule has 0 radical (unpaired) electrons. The van der Waals surface area contributed by atoms with E-state index in [0.717, 1.165) is 5.56 Å². The average molecular weight is 443 g/mol. The summed E-state index contributed by atoms with van der Waals surface area (Å²) in [7, 11) is 0. The molecule has 0 spiro atoms. The molecule has 0 unspecified atom stereocenters. The quantitative estimate of drug-likeness (QED) is 0.404. The van der Waals surface area contributed by atoms with Crippen LogP contribution < -0.4 is 4.74 Å². The number of rotatable bonds is 5. The van der Waals surface area contributed by atoms with E-state index in [2.05, 4.69) is 15.2 Å². The third kappa shape index (κ3) is 4.01. The number of halogens is 3. The van der Waals surface area contributed by atoms with Gasteiger partial charge in [-0.25, -0.2) is 4.39 Å². The number of aryl methyl sites for hydroxylation is 1. The maximum Gasteiger partial charge on any atom is 0.264 e. The molecular formula is C21H13Cl2FN4O2. The van der Waals surface area contributed by atoms with Gasteiger partial charge in [0.1, 0.15) is 11.4 Å². The molecule has 1 N–H and O–H groups in total. The molecule has 0 aliphatic heterocycles. The molecule has 2 aromatic carbocycles. The van der Waals surface area contributed by atoms with Gasteiger partial charge in [0.15, 0.2) is 11.6 Å². The number of nitriles is 1. The highest BCUT2D eigenvalue weighted by molar-refractivity contribution is 6.32. The molecule has 0 saturated heterocycles. The lowest BCUT2D eigenvalue weighted by molar-refractivity contribution is 0.437. The zero-order valence-corrected chi connectivity index (χ0v) is 17.1. The molecule has 0 saturated carbocycles. The summed E-state index contributed by atoms with van der Waals surface area (Å²) in [6.45, 7) is 1.91. The third-order valence-electron chi connectivity index (χ3n) is 4.33. The zero-order chi connectivity index (χ0) is 21.3. The maximum absolute atomic E-state index is 15.1. The number of aromatic nitrogens is 3. The first-order valence-corrected chi connectivity index (χ1v) is 9.52. The Bertz CT molecular complexity index is 1280. The predicted octanol–water partition coefficient (Wildman–Crippen LogP) is 6.07. The van der Waals surface area contributed by atoms with Crippen LogP contribution in [-0.2, 0) is 6.42 Å². The first-order chi connectivity index (χ1) is 14.4. The summed E-state index contributed by atoms with van der Waals surface area (Å²) in [6, 6.07) is 11.3. The number of H-pyrrole nitrogens is 1. The van der Waals surface area contributed by atoms with Gasteiger partial charge in [0.25, 0.3) is 5.89 Å². The number of hydrogen-bond acceptors (Lipinski definition) is 5. The highest BCUT2D eigenvalue weighted by atomic mass is 35.5. The van der Waals surface area contributed by atoms with Crippen LogP contribution in [0.15, 0.2) is 47.0 Å². The maximum atomic E-state index is 15.1. The van der Waals surface area contributed by atoms with E-state index in [4.69, 9.17) is 37.6 Å². The molecule has 30 heavy (non-hydrogen) atoms. The number of benzene rings is 2. The number of nitrogens with zero attached hydrogens (tertiary/aromatic N) is 3. The van der Waals surface area contributed by atoms with Crippen molar-refractivity contribution in [1.29, 1.82) is 5.26 Å². The van der Waals surface area contributed by atoms with Crippen molar-refractivity contribution >= 4 is 23.2 Å². The van der Waals surface area contributed by atoms with E-state index in [9.17, 15) is 0 Å². The van der Waals surface area contributed by atoms with Crippen molar-refractivity contribution in [2.45, 2.75) is 13.3 Å². The highest BCUT2D eigenvalue weighted by Gasteiger charge is 2.19. The van der Waals surface area contributed by atoms with Gasteiger partial charge in [0, 0.05) is 16.8 Å². The Kier molecular flexibility index (Phi) is 5.44. The van der Waals surface area contributed by atoms with Crippen LogP contribution in [0.4, 0.5) is 4.39 Å². The molecule has 4 aromatic rings. The summed E-state index contributed by atoms with van der Waals surface area (Å²) in [6.07, 6.45) is 1.82. The lowest BCUT2D eigenvalue weighted by atomic mass is 10.1. The Morgan fingerprint density at radius 1 is 1.20 bits per heavy atom. The summed E-state index contributed by atoms with van der Waals surface area (Å²) >= 11 is 12.1. The van der Waals surface area contributed by atoms with Crippen molar-refractivity contribution in [3.8, 4) is 29.2 Å². The molecule has 9 heteroatoms. The predicted molar refractivity (Wildman–Crippen MR) is 109 cm³/mol. The van der Waals surface area contributed by atoms with E-state index in [1.807, 2.05) is 19.1 Å². The van der Waals surface area contributed by atoms with Crippen LogP contribution >= 0.6 is 23.2 Å². The molecule has 2 aromatic heterocycles. The normalized spacial score (nSPS) is 10.8. The molecule has 0 aliphatic carbocycles. The molecule has 0 fully saturated rings. The van der Waals surface area contributed by atoms with Gasteiger partial charge >= 0.3 is 0 Å². The topological polar surface area (TPSA) is 87.7 Å². The van der Waals surface area contributed by atoms with Crippen LogP contribution in [0, 0.1) is 24.1 Å². The summed E-state index contributed by atoms with van der Waals surface area (Å²) in [5.74, 6) is -0.0987. The van der Waals surface area contributed by atoms with Crippen LogP contribution in [0.3, 0.4) is 0 Å². The van der Waals surface area contributed by atoms with Gasteiger partial charge in [-0.1, -0.05) is 29.3 Å². The smallest absolute Gasteiger partial charge is 0.264 e. The molecule has 150 valence electrons. The van der Waals surface area contributed by atoms with Crippen LogP contribution in [0.2, 0.25) is 10.0 Å². The summed E-state index contributed by atoms with van der Waals surface area (Å²) in [5, 5.41) is 17.4. The van der Waals surface area contributed by atoms with Crippen molar-refractivity contribution in [1.82, 2.24) is 15.2 Å². The Hall–Kier alpha value is -3.34. The molecule has 4 rings (SSSR count). The van der Waals surface area contributed by atoms with Crippen LogP contribution in [-0.4, -0.2) is 15.2 Å². The van der Waals surface area contributed by atoms with E-state index in [-0.39, 0.29) is 45.0 Å². The summed E-state index contributed by atoms with van der Waals surface area (Å²) < 4.78 is 26.4. The van der Waals surface area contributed by atoms with E-state index in [0.29, 0.717) is 11.6 Å². The highest BCUT2D eigenvalue weighted by Crippen LogP contribution is 2.36. The third-order valence-corrected chi connectivity index (χ3v) is 4.84. The minimum Gasteiger partial charge on any atom is -0.453 e. The van der Waals surface area contributed by atoms with Gasteiger partial charge in [-0.3, -0.25) is 0 Å². The second kappa shape index (κ2) is 8.19. The average Bonchev–Trinajstić information content (AvgIpc) is 3.35. The van der Waals surface area contributed by atoms with Crippen molar-refractivity contribution in [3.63, 3.8) is 0 Å². The first kappa shape index (κ1) is 20.0. The van der Waals surface area contributed by atoms with Gasteiger partial charge in [-0.2, -0.15) is 5.26 Å². The Balaban J connectivity index is 1.62. The minimum absolute atomic E-state index is 0.0467. The van der Waals surface area contributed by atoms with Gasteiger partial charge in [0.05, 0.1) is 23.1 Å². The number of hydrogen-bond donors (Lipinski definition) is 1. The van der Waals surface area contributed by atoms with Crippen molar-refractivity contribution in [2.24, 2.45) is 0 Å². The van der Waals surface area contributed by atoms with Gasteiger partial charge < -0.3 is 14.1 Å². The molecule has 6 nitrogen and oxygen atoms in total. The standard InChI is InChI=1S/C21H13Cl2FN4O2/c1-11-4-5-26-19(11)21-28-27-17(30-21)8-13-2-3-16(23)20(18(13)24)29-15-7-12(10-25)6-14(22)9-15/h2-7,9,26H,8H2,1H3. The molecule has 0 bridgehead atoms. The molecule has 0 aliphatic rings. The lowest BCUT2D eigenvalue weighted by Crippen LogP contribution is -1.98. The number of ether oxygens (including phenoxy) is 1. The van der Waals surface area contributed by atoms with Crippen molar-refractivity contribution in [2.75, 3.05) is 0 Å².